The van der Waals surface area contributed by atoms with E-state index in [4.69, 9.17) is 0 Å². The molecule has 1 saturated carbocycles. The minimum Gasteiger partial charge on any atom is -0.393 e. The molecule has 1 aromatic carbocycles. The molecule has 6 heteroatoms. The van der Waals surface area contributed by atoms with Crippen molar-refractivity contribution in [2.75, 3.05) is 6.54 Å². The zero-order valence-electron chi connectivity index (χ0n) is 10.8. The van der Waals surface area contributed by atoms with E-state index >= 15 is 0 Å². The van der Waals surface area contributed by atoms with Gasteiger partial charge in [0.05, 0.1) is 11.0 Å². The summed E-state index contributed by atoms with van der Waals surface area (Å²) < 4.78 is 39.8. The molecule has 0 saturated heterocycles. The minimum atomic E-state index is -3.72. The molecule has 1 aliphatic rings. The average molecular weight is 287 g/mol. The minimum absolute atomic E-state index is 0.0515. The molecule has 2 unspecified atom stereocenters. The maximum absolute atomic E-state index is 13.2. The van der Waals surface area contributed by atoms with Crippen molar-refractivity contribution in [3.63, 3.8) is 0 Å². The average Bonchev–Trinajstić information content (AvgIpc) is 2.71. The Bertz CT molecular complexity index is 539. The van der Waals surface area contributed by atoms with Crippen LogP contribution in [0.2, 0.25) is 0 Å². The predicted octanol–water partition coefficient (Wildman–Crippen LogP) is 1.57. The smallest absolute Gasteiger partial charge is 0.240 e. The number of aliphatic hydroxyl groups is 1. The Balaban J connectivity index is 2.09. The highest BCUT2D eigenvalue weighted by Gasteiger charge is 2.27. The highest BCUT2D eigenvalue weighted by molar-refractivity contribution is 7.89. The van der Waals surface area contributed by atoms with Crippen LogP contribution in [0.15, 0.2) is 23.1 Å². The second kappa shape index (κ2) is 5.56. The Morgan fingerprint density at radius 2 is 2.11 bits per heavy atom. The molecule has 2 atom stereocenters. The molecule has 2 N–H and O–H groups in total. The monoisotopic (exact) mass is 287 g/mol. The largest absolute Gasteiger partial charge is 0.393 e. The highest BCUT2D eigenvalue weighted by atomic mass is 32.2. The molecule has 0 aromatic heterocycles. The van der Waals surface area contributed by atoms with Gasteiger partial charge in [-0.1, -0.05) is 6.42 Å². The molecule has 0 bridgehead atoms. The van der Waals surface area contributed by atoms with Crippen molar-refractivity contribution in [2.24, 2.45) is 5.92 Å². The van der Waals surface area contributed by atoms with Gasteiger partial charge < -0.3 is 5.11 Å². The topological polar surface area (TPSA) is 66.4 Å². The molecular formula is C13H18FNO3S. The fourth-order valence-electron chi connectivity index (χ4n) is 2.41. The standard InChI is InChI=1S/C13H18FNO3S/c1-9-5-11(14)7-12(6-9)19(17,18)15-8-10-3-2-4-13(10)16/h5-7,10,13,15-16H,2-4,8H2,1H3. The lowest BCUT2D eigenvalue weighted by Crippen LogP contribution is -2.32. The Hall–Kier alpha value is -0.980. The van der Waals surface area contributed by atoms with Gasteiger partial charge in [-0.3, -0.25) is 0 Å². The number of rotatable bonds is 4. The predicted molar refractivity (Wildman–Crippen MR) is 69.7 cm³/mol. The van der Waals surface area contributed by atoms with Gasteiger partial charge in [-0.25, -0.2) is 17.5 Å². The third-order valence-corrected chi connectivity index (χ3v) is 4.88. The van der Waals surface area contributed by atoms with Crippen molar-refractivity contribution < 1.29 is 17.9 Å². The first-order chi connectivity index (χ1) is 8.88. The zero-order chi connectivity index (χ0) is 14.0. The Morgan fingerprint density at radius 3 is 2.68 bits per heavy atom. The van der Waals surface area contributed by atoms with Gasteiger partial charge in [-0.05, 0) is 49.4 Å². The lowest BCUT2D eigenvalue weighted by Gasteiger charge is -2.15. The fourth-order valence-corrected chi connectivity index (χ4v) is 3.62. The molecule has 2 rings (SSSR count). The van der Waals surface area contributed by atoms with Crippen LogP contribution in [0.1, 0.15) is 24.8 Å². The fraction of sp³-hybridized carbons (Fsp3) is 0.538. The van der Waals surface area contributed by atoms with Crippen LogP contribution in [-0.4, -0.2) is 26.2 Å². The summed E-state index contributed by atoms with van der Waals surface area (Å²) in [6.45, 7) is 1.84. The Morgan fingerprint density at radius 1 is 1.37 bits per heavy atom. The molecule has 1 aromatic rings. The maximum atomic E-state index is 13.2. The second-order valence-electron chi connectivity index (χ2n) is 5.07. The third kappa shape index (κ3) is 3.52. The molecule has 1 aliphatic carbocycles. The van der Waals surface area contributed by atoms with Crippen LogP contribution < -0.4 is 4.72 Å². The van der Waals surface area contributed by atoms with E-state index in [1.807, 2.05) is 0 Å². The van der Waals surface area contributed by atoms with Crippen molar-refractivity contribution in [3.05, 3.63) is 29.6 Å². The van der Waals surface area contributed by atoms with Crippen LogP contribution in [0, 0.1) is 18.7 Å². The van der Waals surface area contributed by atoms with Gasteiger partial charge in [0.15, 0.2) is 0 Å². The molecule has 19 heavy (non-hydrogen) atoms. The van der Waals surface area contributed by atoms with Gasteiger partial charge in [0.2, 0.25) is 10.0 Å². The summed E-state index contributed by atoms with van der Waals surface area (Å²) in [5.74, 6) is -0.620. The van der Waals surface area contributed by atoms with Crippen LogP contribution in [0.3, 0.4) is 0 Å². The van der Waals surface area contributed by atoms with Gasteiger partial charge in [0, 0.05) is 6.54 Å². The lowest BCUT2D eigenvalue weighted by molar-refractivity contribution is 0.134. The Kier molecular flexibility index (Phi) is 4.23. The number of hydrogen-bond donors (Lipinski definition) is 2. The van der Waals surface area contributed by atoms with Crippen LogP contribution in [0.5, 0.6) is 0 Å². The quantitative estimate of drug-likeness (QED) is 0.883. The SMILES string of the molecule is Cc1cc(F)cc(S(=O)(=O)NCC2CCCC2O)c1. The van der Waals surface area contributed by atoms with Crippen molar-refractivity contribution in [3.8, 4) is 0 Å². The summed E-state index contributed by atoms with van der Waals surface area (Å²) in [7, 11) is -3.72. The number of aryl methyl sites for hydroxylation is 1. The maximum Gasteiger partial charge on any atom is 0.240 e. The number of nitrogens with one attached hydrogen (secondary N) is 1. The first-order valence-corrected chi connectivity index (χ1v) is 7.82. The van der Waals surface area contributed by atoms with Gasteiger partial charge in [-0.2, -0.15) is 0 Å². The first-order valence-electron chi connectivity index (χ1n) is 6.33. The van der Waals surface area contributed by atoms with Crippen molar-refractivity contribution in [2.45, 2.75) is 37.2 Å². The zero-order valence-corrected chi connectivity index (χ0v) is 11.6. The van der Waals surface area contributed by atoms with E-state index < -0.39 is 21.9 Å². The molecule has 4 nitrogen and oxygen atoms in total. The summed E-state index contributed by atoms with van der Waals surface area (Å²) in [6.07, 6.45) is 1.99. The van der Waals surface area contributed by atoms with E-state index in [0.717, 1.165) is 18.9 Å². The molecule has 1 fully saturated rings. The number of benzene rings is 1. The van der Waals surface area contributed by atoms with Gasteiger partial charge in [0.25, 0.3) is 0 Å². The highest BCUT2D eigenvalue weighted by Crippen LogP contribution is 2.25. The Labute approximate surface area is 112 Å². The summed E-state index contributed by atoms with van der Waals surface area (Å²) >= 11 is 0. The normalized spacial score (nSPS) is 23.7. The van der Waals surface area contributed by atoms with Crippen molar-refractivity contribution >= 4 is 10.0 Å². The third-order valence-electron chi connectivity index (χ3n) is 3.48. The van der Waals surface area contributed by atoms with E-state index in [1.54, 1.807) is 6.92 Å². The van der Waals surface area contributed by atoms with Crippen LogP contribution in [0.25, 0.3) is 0 Å². The summed E-state index contributed by atoms with van der Waals surface area (Å²) in [5, 5.41) is 9.65. The molecule has 0 radical (unpaired) electrons. The van der Waals surface area contributed by atoms with E-state index in [2.05, 4.69) is 4.72 Å². The summed E-state index contributed by atoms with van der Waals surface area (Å²) in [4.78, 5) is -0.0718. The molecule has 0 spiro atoms. The first kappa shape index (κ1) is 14.4. The van der Waals surface area contributed by atoms with Crippen molar-refractivity contribution in [1.82, 2.24) is 4.72 Å². The number of aliphatic hydroxyl groups excluding tert-OH is 1. The van der Waals surface area contributed by atoms with E-state index in [0.29, 0.717) is 12.0 Å². The molecule has 0 amide bonds. The van der Waals surface area contributed by atoms with Gasteiger partial charge >= 0.3 is 0 Å². The molecule has 0 heterocycles. The number of hydrogen-bond acceptors (Lipinski definition) is 3. The van der Waals surface area contributed by atoms with E-state index in [9.17, 15) is 17.9 Å². The van der Waals surface area contributed by atoms with Crippen LogP contribution in [-0.2, 0) is 10.0 Å². The van der Waals surface area contributed by atoms with Gasteiger partial charge in [0.1, 0.15) is 5.82 Å². The van der Waals surface area contributed by atoms with Crippen LogP contribution >= 0.6 is 0 Å². The molecule has 106 valence electrons. The second-order valence-corrected chi connectivity index (χ2v) is 6.84. The van der Waals surface area contributed by atoms with E-state index in [1.165, 1.54) is 12.1 Å². The van der Waals surface area contributed by atoms with Gasteiger partial charge in [-0.15, -0.1) is 0 Å². The summed E-state index contributed by atoms with van der Waals surface area (Å²) in [5.41, 5.74) is 0.557. The van der Waals surface area contributed by atoms with Crippen molar-refractivity contribution in [1.29, 1.82) is 0 Å². The number of halogens is 1. The van der Waals surface area contributed by atoms with E-state index in [-0.39, 0.29) is 17.4 Å². The number of sulfonamides is 1. The lowest BCUT2D eigenvalue weighted by atomic mass is 10.1. The molecule has 0 aliphatic heterocycles. The molecular weight excluding hydrogens is 269 g/mol. The van der Waals surface area contributed by atoms with Crippen LogP contribution in [0.4, 0.5) is 4.39 Å². The summed E-state index contributed by atoms with van der Waals surface area (Å²) in [6, 6.07) is 3.71.